The van der Waals surface area contributed by atoms with Crippen molar-refractivity contribution in [1.82, 2.24) is 4.98 Å². The Kier molecular flexibility index (Phi) is 3.18. The Labute approximate surface area is 102 Å². The van der Waals surface area contributed by atoms with Crippen LogP contribution < -0.4 is 11.1 Å². The molecule has 0 saturated carbocycles. The van der Waals surface area contributed by atoms with Gasteiger partial charge in [0.15, 0.2) is 0 Å². The lowest BCUT2D eigenvalue weighted by Gasteiger charge is -2.21. The number of hydrogen-bond acceptors (Lipinski definition) is 3. The molecule has 0 unspecified atom stereocenters. The number of aryl methyl sites for hydroxylation is 1. The molecule has 3 nitrogen and oxygen atoms in total. The van der Waals surface area contributed by atoms with Gasteiger partial charge in [-0.15, -0.1) is 0 Å². The van der Waals surface area contributed by atoms with Crippen molar-refractivity contribution < 1.29 is 0 Å². The molecule has 3 N–H and O–H groups in total. The zero-order valence-electron chi connectivity index (χ0n) is 10.5. The summed E-state index contributed by atoms with van der Waals surface area (Å²) in [7, 11) is 0. The van der Waals surface area contributed by atoms with Crippen molar-refractivity contribution in [2.45, 2.75) is 33.1 Å². The van der Waals surface area contributed by atoms with Crippen LogP contribution in [0.15, 0.2) is 18.5 Å². The van der Waals surface area contributed by atoms with Crippen LogP contribution in [0.3, 0.4) is 0 Å². The molecular weight excluding hydrogens is 210 g/mol. The lowest BCUT2D eigenvalue weighted by Crippen LogP contribution is -2.14. The maximum Gasteiger partial charge on any atom is 0.0930 e. The molecule has 3 heteroatoms. The molecule has 0 radical (unpaired) electrons. The Balaban J connectivity index is 2.62. The maximum atomic E-state index is 5.69. The number of pyridine rings is 1. The molecule has 0 amide bonds. The third kappa shape index (κ3) is 2.18. The van der Waals surface area contributed by atoms with E-state index in [0.717, 1.165) is 36.3 Å². The average molecular weight is 229 g/mol. The van der Waals surface area contributed by atoms with Crippen LogP contribution in [0.25, 0.3) is 6.08 Å². The van der Waals surface area contributed by atoms with Crippen LogP contribution in [0.5, 0.6) is 0 Å². The topological polar surface area (TPSA) is 50.9 Å². The van der Waals surface area contributed by atoms with Gasteiger partial charge in [0.2, 0.25) is 0 Å². The zero-order chi connectivity index (χ0) is 12.4. The van der Waals surface area contributed by atoms with Gasteiger partial charge in [-0.05, 0) is 37.8 Å². The largest absolute Gasteiger partial charge is 0.386 e. The van der Waals surface area contributed by atoms with Gasteiger partial charge in [0.05, 0.1) is 11.5 Å². The highest BCUT2D eigenvalue weighted by atomic mass is 15.0. The van der Waals surface area contributed by atoms with E-state index in [1.165, 1.54) is 11.1 Å². The first-order valence-corrected chi connectivity index (χ1v) is 6.03. The standard InChI is InChI=1S/C14H19N3/c1-4-11-9(2)16-13-8-6-5-7-12(13)14(11)17-10(3)15/h6,8H,3-5,7,15H2,1-2H3,(H,16,17). The molecule has 17 heavy (non-hydrogen) atoms. The van der Waals surface area contributed by atoms with Crippen molar-refractivity contribution >= 4 is 11.8 Å². The monoisotopic (exact) mass is 229 g/mol. The van der Waals surface area contributed by atoms with Crippen LogP contribution in [0.1, 0.15) is 35.9 Å². The molecule has 1 aromatic heterocycles. The molecule has 1 heterocycles. The minimum atomic E-state index is 0.488. The second kappa shape index (κ2) is 4.62. The van der Waals surface area contributed by atoms with Gasteiger partial charge in [-0.25, -0.2) is 0 Å². The summed E-state index contributed by atoms with van der Waals surface area (Å²) in [5.41, 5.74) is 11.4. The second-order valence-corrected chi connectivity index (χ2v) is 4.36. The Bertz CT molecular complexity index is 487. The molecule has 0 bridgehead atoms. The summed E-state index contributed by atoms with van der Waals surface area (Å²) < 4.78 is 0. The van der Waals surface area contributed by atoms with Gasteiger partial charge < -0.3 is 11.1 Å². The predicted molar refractivity (Wildman–Crippen MR) is 72.7 cm³/mol. The van der Waals surface area contributed by atoms with Crippen molar-refractivity contribution in [1.29, 1.82) is 0 Å². The van der Waals surface area contributed by atoms with Crippen molar-refractivity contribution in [3.05, 3.63) is 41.0 Å². The maximum absolute atomic E-state index is 5.69. The highest BCUT2D eigenvalue weighted by Crippen LogP contribution is 2.31. The van der Waals surface area contributed by atoms with Crippen LogP contribution in [0.4, 0.5) is 5.69 Å². The quantitative estimate of drug-likeness (QED) is 0.838. The summed E-state index contributed by atoms with van der Waals surface area (Å²) in [5, 5.41) is 3.20. The molecule has 0 spiro atoms. The molecule has 0 fully saturated rings. The van der Waals surface area contributed by atoms with Crippen LogP contribution >= 0.6 is 0 Å². The molecule has 0 aliphatic heterocycles. The first-order valence-electron chi connectivity index (χ1n) is 6.03. The Morgan fingerprint density at radius 1 is 1.59 bits per heavy atom. The highest BCUT2D eigenvalue weighted by Gasteiger charge is 2.17. The molecule has 90 valence electrons. The first-order chi connectivity index (χ1) is 8.13. The minimum absolute atomic E-state index is 0.488. The number of rotatable bonds is 3. The number of allylic oxidation sites excluding steroid dienone is 1. The molecule has 1 aromatic rings. The summed E-state index contributed by atoms with van der Waals surface area (Å²) in [6, 6.07) is 0. The van der Waals surface area contributed by atoms with E-state index in [0.29, 0.717) is 5.82 Å². The molecule has 1 aliphatic carbocycles. The molecule has 0 saturated heterocycles. The third-order valence-electron chi connectivity index (χ3n) is 3.11. The smallest absolute Gasteiger partial charge is 0.0930 e. The van der Waals surface area contributed by atoms with Gasteiger partial charge in [0.25, 0.3) is 0 Å². The molecular formula is C14H19N3. The van der Waals surface area contributed by atoms with E-state index in [1.807, 2.05) is 6.92 Å². The van der Waals surface area contributed by atoms with E-state index in [1.54, 1.807) is 0 Å². The fourth-order valence-corrected chi connectivity index (χ4v) is 2.36. The average Bonchev–Trinajstić information content (AvgIpc) is 2.28. The van der Waals surface area contributed by atoms with Crippen molar-refractivity contribution in [2.75, 3.05) is 5.32 Å². The van der Waals surface area contributed by atoms with E-state index >= 15 is 0 Å². The van der Waals surface area contributed by atoms with Crippen LogP contribution in [0, 0.1) is 6.92 Å². The van der Waals surface area contributed by atoms with E-state index in [-0.39, 0.29) is 0 Å². The second-order valence-electron chi connectivity index (χ2n) is 4.36. The number of hydrogen-bond donors (Lipinski definition) is 2. The normalized spacial score (nSPS) is 13.3. The van der Waals surface area contributed by atoms with Crippen LogP contribution in [-0.2, 0) is 12.8 Å². The number of nitrogens with zero attached hydrogens (tertiary/aromatic N) is 1. The number of nitrogens with one attached hydrogen (secondary N) is 1. The summed E-state index contributed by atoms with van der Waals surface area (Å²) in [5.74, 6) is 0.488. The Morgan fingerprint density at radius 2 is 2.35 bits per heavy atom. The van der Waals surface area contributed by atoms with Gasteiger partial charge >= 0.3 is 0 Å². The molecule has 0 atom stereocenters. The summed E-state index contributed by atoms with van der Waals surface area (Å²) in [6.07, 6.45) is 7.29. The molecule has 0 aromatic carbocycles. The van der Waals surface area contributed by atoms with E-state index in [4.69, 9.17) is 5.73 Å². The van der Waals surface area contributed by atoms with Crippen molar-refractivity contribution in [3.63, 3.8) is 0 Å². The number of anilines is 1. The van der Waals surface area contributed by atoms with Gasteiger partial charge in [-0.3, -0.25) is 4.98 Å². The van der Waals surface area contributed by atoms with Crippen molar-refractivity contribution in [3.8, 4) is 0 Å². The SMILES string of the molecule is C=C(N)Nc1c(CC)c(C)nc2c1CCC=C2. The number of fused-ring (bicyclic) bond motifs is 1. The van der Waals surface area contributed by atoms with E-state index in [2.05, 4.69) is 36.0 Å². The Hall–Kier alpha value is -1.77. The molecule has 1 aliphatic rings. The number of aromatic nitrogens is 1. The van der Waals surface area contributed by atoms with Gasteiger partial charge in [0.1, 0.15) is 0 Å². The predicted octanol–water partition coefficient (Wildman–Crippen LogP) is 2.75. The highest BCUT2D eigenvalue weighted by molar-refractivity contribution is 5.69. The lowest BCUT2D eigenvalue weighted by molar-refractivity contribution is 0.933. The fourth-order valence-electron chi connectivity index (χ4n) is 2.36. The van der Waals surface area contributed by atoms with Gasteiger partial charge in [-0.2, -0.15) is 0 Å². The fraction of sp³-hybridized carbons (Fsp3) is 0.357. The van der Waals surface area contributed by atoms with Gasteiger partial charge in [-0.1, -0.05) is 19.6 Å². The summed E-state index contributed by atoms with van der Waals surface area (Å²) in [6.45, 7) is 7.92. The van der Waals surface area contributed by atoms with E-state index in [9.17, 15) is 0 Å². The van der Waals surface area contributed by atoms with E-state index < -0.39 is 0 Å². The minimum Gasteiger partial charge on any atom is -0.386 e. The third-order valence-corrected chi connectivity index (χ3v) is 3.11. The first kappa shape index (κ1) is 11.7. The Morgan fingerprint density at radius 3 is 3.00 bits per heavy atom. The van der Waals surface area contributed by atoms with Gasteiger partial charge in [0, 0.05) is 16.9 Å². The number of nitrogens with two attached hydrogens (primary N) is 1. The zero-order valence-corrected chi connectivity index (χ0v) is 10.5. The van der Waals surface area contributed by atoms with Crippen LogP contribution in [-0.4, -0.2) is 4.98 Å². The lowest BCUT2D eigenvalue weighted by atomic mass is 9.95. The van der Waals surface area contributed by atoms with Crippen LogP contribution in [0.2, 0.25) is 0 Å². The summed E-state index contributed by atoms with van der Waals surface area (Å²) >= 11 is 0. The molecule has 2 rings (SSSR count). The van der Waals surface area contributed by atoms with Crippen molar-refractivity contribution in [2.24, 2.45) is 5.73 Å². The summed E-state index contributed by atoms with van der Waals surface area (Å²) in [4.78, 5) is 4.66.